The molecule has 0 aromatic heterocycles. The van der Waals surface area contributed by atoms with Gasteiger partial charge in [-0.15, -0.1) is 0 Å². The molecule has 13 heavy (non-hydrogen) atoms. The number of ketones is 1. The van der Waals surface area contributed by atoms with Gasteiger partial charge in [0, 0.05) is 12.5 Å². The number of carbonyl (C=O) groups excluding carboxylic acids is 1. The van der Waals surface area contributed by atoms with Crippen molar-refractivity contribution in [3.05, 3.63) is 23.5 Å². The highest BCUT2D eigenvalue weighted by atomic mass is 19.4. The van der Waals surface area contributed by atoms with E-state index in [0.29, 0.717) is 6.08 Å². The maximum Gasteiger partial charge on any atom is 0.412 e. The third kappa shape index (κ3) is 4.35. The molecule has 0 amide bonds. The third-order valence-electron chi connectivity index (χ3n) is 1.30. The maximum absolute atomic E-state index is 11.8. The molecule has 0 atom stereocenters. The summed E-state index contributed by atoms with van der Waals surface area (Å²) >= 11 is 0. The Morgan fingerprint density at radius 3 is 2.00 bits per heavy atom. The molecule has 0 aliphatic carbocycles. The largest absolute Gasteiger partial charge is 0.504 e. The molecular formula is C8H9F3O2. The number of carbonyl (C=O) groups is 1. The fourth-order valence-electron chi connectivity index (χ4n) is 0.416. The highest BCUT2D eigenvalue weighted by molar-refractivity contribution is 5.90. The predicted octanol–water partition coefficient (Wildman–Crippen LogP) is 2.53. The molecule has 0 fully saturated rings. The molecule has 0 bridgehead atoms. The second-order valence-electron chi connectivity index (χ2n) is 2.46. The number of rotatable bonds is 2. The van der Waals surface area contributed by atoms with E-state index in [-0.39, 0.29) is 0 Å². The van der Waals surface area contributed by atoms with Crippen LogP contribution in [0, 0.1) is 0 Å². The first kappa shape index (κ1) is 11.7. The maximum atomic E-state index is 11.8. The minimum absolute atomic E-state index is 0.650. The van der Waals surface area contributed by atoms with E-state index in [1.807, 2.05) is 0 Å². The first-order valence-electron chi connectivity index (χ1n) is 3.41. The standard InChI is InChI=1S/C8H9F3O2/c1-5(8(9,10)11)3-4-7(13)6(2)12/h3-4,13H,1-2H3/b5-3+,7-4-. The van der Waals surface area contributed by atoms with Gasteiger partial charge in [0.25, 0.3) is 0 Å². The topological polar surface area (TPSA) is 37.3 Å². The van der Waals surface area contributed by atoms with Gasteiger partial charge in [-0.1, -0.05) is 6.08 Å². The van der Waals surface area contributed by atoms with Crippen LogP contribution in [0.5, 0.6) is 0 Å². The van der Waals surface area contributed by atoms with Crippen LogP contribution >= 0.6 is 0 Å². The molecule has 0 aromatic carbocycles. The van der Waals surface area contributed by atoms with E-state index in [4.69, 9.17) is 5.11 Å². The molecule has 0 rings (SSSR count). The molecule has 0 saturated heterocycles. The van der Waals surface area contributed by atoms with Gasteiger partial charge in [-0.05, 0) is 13.0 Å². The molecule has 0 heterocycles. The van der Waals surface area contributed by atoms with E-state index in [2.05, 4.69) is 0 Å². The summed E-state index contributed by atoms with van der Waals surface area (Å²) in [5, 5.41) is 8.74. The van der Waals surface area contributed by atoms with Crippen molar-refractivity contribution in [3.63, 3.8) is 0 Å². The van der Waals surface area contributed by atoms with Gasteiger partial charge in [0.15, 0.2) is 11.5 Å². The van der Waals surface area contributed by atoms with Gasteiger partial charge in [-0.2, -0.15) is 13.2 Å². The van der Waals surface area contributed by atoms with Gasteiger partial charge in [0.05, 0.1) is 0 Å². The quantitative estimate of drug-likeness (QED) is 0.416. The molecule has 74 valence electrons. The Kier molecular flexibility index (Phi) is 3.71. The van der Waals surface area contributed by atoms with E-state index in [9.17, 15) is 18.0 Å². The number of hydrogen-bond acceptors (Lipinski definition) is 2. The van der Waals surface area contributed by atoms with Crippen molar-refractivity contribution in [3.8, 4) is 0 Å². The Morgan fingerprint density at radius 1 is 1.23 bits per heavy atom. The Labute approximate surface area is 73.4 Å². The molecule has 5 heteroatoms. The zero-order valence-electron chi connectivity index (χ0n) is 7.14. The molecule has 2 nitrogen and oxygen atoms in total. The monoisotopic (exact) mass is 194 g/mol. The van der Waals surface area contributed by atoms with E-state index < -0.39 is 23.3 Å². The zero-order chi connectivity index (χ0) is 10.6. The SMILES string of the molecule is CC(=O)/C(O)=C/C=C(\C)C(F)(F)F. The molecule has 0 aliphatic heterocycles. The van der Waals surface area contributed by atoms with Gasteiger partial charge in [0.2, 0.25) is 0 Å². The van der Waals surface area contributed by atoms with Crippen molar-refractivity contribution in [2.75, 3.05) is 0 Å². The second kappa shape index (κ2) is 4.11. The van der Waals surface area contributed by atoms with Crippen molar-refractivity contribution in [2.45, 2.75) is 20.0 Å². The molecule has 0 unspecified atom stereocenters. The van der Waals surface area contributed by atoms with Crippen molar-refractivity contribution in [1.82, 2.24) is 0 Å². The lowest BCUT2D eigenvalue weighted by Gasteiger charge is -2.04. The summed E-state index contributed by atoms with van der Waals surface area (Å²) < 4.78 is 35.5. The van der Waals surface area contributed by atoms with E-state index in [1.165, 1.54) is 0 Å². The Balaban J connectivity index is 4.61. The molecule has 0 aliphatic rings. The average Bonchev–Trinajstić information content (AvgIpc) is 1.97. The smallest absolute Gasteiger partial charge is 0.412 e. The van der Waals surface area contributed by atoms with Crippen molar-refractivity contribution < 1.29 is 23.1 Å². The van der Waals surface area contributed by atoms with Gasteiger partial charge >= 0.3 is 6.18 Å². The highest BCUT2D eigenvalue weighted by Gasteiger charge is 2.29. The van der Waals surface area contributed by atoms with Gasteiger partial charge in [-0.3, -0.25) is 4.79 Å². The van der Waals surface area contributed by atoms with Crippen LogP contribution in [0.15, 0.2) is 23.5 Å². The normalized spacial score (nSPS) is 14.5. The van der Waals surface area contributed by atoms with Crippen molar-refractivity contribution in [1.29, 1.82) is 0 Å². The number of Topliss-reactive ketones (excluding diaryl/α,β-unsaturated/α-hetero) is 1. The van der Waals surface area contributed by atoms with Crippen LogP contribution in [-0.4, -0.2) is 17.1 Å². The molecule has 1 N–H and O–H groups in total. The highest BCUT2D eigenvalue weighted by Crippen LogP contribution is 2.24. The molecule has 0 radical (unpaired) electrons. The number of halogens is 3. The summed E-state index contributed by atoms with van der Waals surface area (Å²) in [7, 11) is 0. The lowest BCUT2D eigenvalue weighted by molar-refractivity contribution is -0.116. The van der Waals surface area contributed by atoms with Crippen LogP contribution in [0.1, 0.15) is 13.8 Å². The number of aliphatic hydroxyl groups excluding tert-OH is 1. The number of alkyl halides is 3. The molecule has 0 saturated carbocycles. The van der Waals surface area contributed by atoms with Gasteiger partial charge < -0.3 is 5.11 Å². The molecule has 0 aromatic rings. The number of hydrogen-bond donors (Lipinski definition) is 1. The third-order valence-corrected chi connectivity index (χ3v) is 1.30. The van der Waals surface area contributed by atoms with Crippen LogP contribution in [-0.2, 0) is 4.79 Å². The van der Waals surface area contributed by atoms with Gasteiger partial charge in [-0.25, -0.2) is 0 Å². The summed E-state index contributed by atoms with van der Waals surface area (Å²) in [5.74, 6) is -1.37. The minimum atomic E-state index is -4.42. The van der Waals surface area contributed by atoms with Crippen LogP contribution in [0.2, 0.25) is 0 Å². The van der Waals surface area contributed by atoms with Crippen LogP contribution in [0.4, 0.5) is 13.2 Å². The molecular weight excluding hydrogens is 185 g/mol. The Morgan fingerprint density at radius 2 is 1.69 bits per heavy atom. The van der Waals surface area contributed by atoms with Crippen molar-refractivity contribution >= 4 is 5.78 Å². The minimum Gasteiger partial charge on any atom is -0.504 e. The van der Waals surface area contributed by atoms with Crippen LogP contribution in [0.25, 0.3) is 0 Å². The van der Waals surface area contributed by atoms with Gasteiger partial charge in [0.1, 0.15) is 0 Å². The lowest BCUT2D eigenvalue weighted by Crippen LogP contribution is -2.08. The van der Waals surface area contributed by atoms with E-state index in [1.54, 1.807) is 0 Å². The first-order chi connectivity index (χ1) is 5.75. The molecule has 0 spiro atoms. The second-order valence-corrected chi connectivity index (χ2v) is 2.46. The summed E-state index contributed by atoms with van der Waals surface area (Å²) in [6, 6.07) is 0. The van der Waals surface area contributed by atoms with Crippen LogP contribution < -0.4 is 0 Å². The number of aliphatic hydroxyl groups is 1. The number of allylic oxidation sites excluding steroid dienone is 4. The first-order valence-corrected chi connectivity index (χ1v) is 3.41. The fourth-order valence-corrected chi connectivity index (χ4v) is 0.416. The van der Waals surface area contributed by atoms with E-state index >= 15 is 0 Å². The zero-order valence-corrected chi connectivity index (χ0v) is 7.14. The summed E-state index contributed by atoms with van der Waals surface area (Å²) in [4.78, 5) is 10.4. The van der Waals surface area contributed by atoms with E-state index in [0.717, 1.165) is 19.9 Å². The average molecular weight is 194 g/mol. The van der Waals surface area contributed by atoms with Crippen LogP contribution in [0.3, 0.4) is 0 Å². The summed E-state index contributed by atoms with van der Waals surface area (Å²) in [6.07, 6.45) is -3.05. The summed E-state index contributed by atoms with van der Waals surface area (Å²) in [6.45, 7) is 1.91. The Hall–Kier alpha value is -1.26. The lowest BCUT2D eigenvalue weighted by atomic mass is 10.2. The predicted molar refractivity (Wildman–Crippen MR) is 41.2 cm³/mol. The summed E-state index contributed by atoms with van der Waals surface area (Å²) in [5.41, 5.74) is -0.875. The fraction of sp³-hybridized carbons (Fsp3) is 0.375. The Bertz CT molecular complexity index is 261. The van der Waals surface area contributed by atoms with Crippen molar-refractivity contribution in [2.24, 2.45) is 0 Å².